The number of hydrogen-bond donors (Lipinski definition) is 0. The summed E-state index contributed by atoms with van der Waals surface area (Å²) in [7, 11) is 3.28. The highest BCUT2D eigenvalue weighted by Gasteiger charge is 1.99. The monoisotopic (exact) mass is 328 g/mol. The second kappa shape index (κ2) is 11.3. The summed E-state index contributed by atoms with van der Waals surface area (Å²) >= 11 is 0. The molecule has 1 aromatic carbocycles. The van der Waals surface area contributed by atoms with Gasteiger partial charge in [0.25, 0.3) is 0 Å². The largest absolute Gasteiger partial charge is 0.497 e. The molecule has 0 fully saturated rings. The van der Waals surface area contributed by atoms with Crippen molar-refractivity contribution in [2.45, 2.75) is 33.1 Å². The van der Waals surface area contributed by atoms with Crippen LogP contribution in [0.25, 0.3) is 6.08 Å². The summed E-state index contributed by atoms with van der Waals surface area (Å²) in [5.74, 6) is 2.17. The van der Waals surface area contributed by atoms with Gasteiger partial charge in [0.05, 0.1) is 14.2 Å². The van der Waals surface area contributed by atoms with E-state index >= 15 is 0 Å². The van der Waals surface area contributed by atoms with Crippen LogP contribution in [0, 0.1) is 5.92 Å². The van der Waals surface area contributed by atoms with Crippen molar-refractivity contribution in [2.75, 3.05) is 14.2 Å². The van der Waals surface area contributed by atoms with Gasteiger partial charge in [-0.05, 0) is 42.5 Å². The highest BCUT2D eigenvalue weighted by atomic mass is 16.5. The molecule has 3 nitrogen and oxygen atoms in total. The number of allylic oxidation sites excluding steroid dienone is 5. The first-order valence-electron chi connectivity index (χ1n) is 8.32. The van der Waals surface area contributed by atoms with Crippen LogP contribution in [0.2, 0.25) is 0 Å². The van der Waals surface area contributed by atoms with Crippen LogP contribution in [0.15, 0.2) is 48.6 Å². The van der Waals surface area contributed by atoms with E-state index in [9.17, 15) is 4.79 Å². The molecule has 0 N–H and O–H groups in total. The number of ketones is 1. The summed E-state index contributed by atoms with van der Waals surface area (Å²) in [5.41, 5.74) is 1.02. The number of ether oxygens (including phenoxy) is 2. The van der Waals surface area contributed by atoms with Gasteiger partial charge in [0.1, 0.15) is 11.5 Å². The predicted molar refractivity (Wildman–Crippen MR) is 101 cm³/mol. The zero-order chi connectivity index (χ0) is 17.8. The third-order valence-electron chi connectivity index (χ3n) is 3.37. The van der Waals surface area contributed by atoms with Gasteiger partial charge in [-0.3, -0.25) is 4.79 Å². The Morgan fingerprint density at radius 3 is 2.33 bits per heavy atom. The summed E-state index contributed by atoms with van der Waals surface area (Å²) in [6, 6.07) is 5.75. The van der Waals surface area contributed by atoms with E-state index in [4.69, 9.17) is 9.47 Å². The standard InChI is InChI=1S/C21H28O3/c1-17(2)12-13-19(22)11-9-7-5-6-8-10-18-14-20(23-3)16-21(15-18)24-4/h5-6,8,10,12-17H,7,9,11H2,1-4H3/b6-5+,10-8+,13-12+. The number of carbonyl (C=O) groups excluding carboxylic acids is 1. The van der Waals surface area contributed by atoms with Gasteiger partial charge in [-0.1, -0.05) is 44.2 Å². The van der Waals surface area contributed by atoms with Gasteiger partial charge in [0.15, 0.2) is 5.78 Å². The van der Waals surface area contributed by atoms with Crippen LogP contribution in [0.4, 0.5) is 0 Å². The Kier molecular flexibility index (Phi) is 9.28. The molecular formula is C21H28O3. The number of hydrogen-bond acceptors (Lipinski definition) is 3. The number of benzene rings is 1. The molecule has 1 aromatic rings. The van der Waals surface area contributed by atoms with Gasteiger partial charge in [0, 0.05) is 12.5 Å². The molecule has 3 heteroatoms. The van der Waals surface area contributed by atoms with Crippen molar-refractivity contribution in [1.29, 1.82) is 0 Å². The first-order valence-corrected chi connectivity index (χ1v) is 8.32. The lowest BCUT2D eigenvalue weighted by Gasteiger charge is -2.05. The van der Waals surface area contributed by atoms with Gasteiger partial charge in [-0.15, -0.1) is 0 Å². The zero-order valence-electron chi connectivity index (χ0n) is 15.1. The van der Waals surface area contributed by atoms with E-state index in [2.05, 4.69) is 19.9 Å². The maximum absolute atomic E-state index is 11.6. The fourth-order valence-corrected chi connectivity index (χ4v) is 2.04. The maximum Gasteiger partial charge on any atom is 0.155 e. The zero-order valence-corrected chi connectivity index (χ0v) is 15.1. The third kappa shape index (κ3) is 8.37. The van der Waals surface area contributed by atoms with Crippen molar-refractivity contribution in [2.24, 2.45) is 5.92 Å². The van der Waals surface area contributed by atoms with E-state index in [0.717, 1.165) is 29.9 Å². The summed E-state index contributed by atoms with van der Waals surface area (Å²) in [6.45, 7) is 4.13. The molecular weight excluding hydrogens is 300 g/mol. The van der Waals surface area contributed by atoms with Crippen LogP contribution >= 0.6 is 0 Å². The van der Waals surface area contributed by atoms with Gasteiger partial charge >= 0.3 is 0 Å². The molecule has 0 saturated carbocycles. The Morgan fingerprint density at radius 2 is 1.75 bits per heavy atom. The molecule has 0 unspecified atom stereocenters. The lowest BCUT2D eigenvalue weighted by atomic mass is 10.1. The van der Waals surface area contributed by atoms with E-state index in [1.807, 2.05) is 42.5 Å². The van der Waals surface area contributed by atoms with Crippen LogP contribution in [0.5, 0.6) is 11.5 Å². The molecule has 0 atom stereocenters. The van der Waals surface area contributed by atoms with Crippen LogP contribution in [0.3, 0.4) is 0 Å². The highest BCUT2D eigenvalue weighted by molar-refractivity contribution is 5.89. The van der Waals surface area contributed by atoms with E-state index in [-0.39, 0.29) is 5.78 Å². The number of rotatable bonds is 10. The molecule has 0 saturated heterocycles. The Hall–Kier alpha value is -2.29. The lowest BCUT2D eigenvalue weighted by Crippen LogP contribution is -1.92. The van der Waals surface area contributed by atoms with Crippen molar-refractivity contribution >= 4 is 11.9 Å². The quantitative estimate of drug-likeness (QED) is 0.335. The number of unbranched alkanes of at least 4 members (excludes halogenated alkanes) is 1. The number of methoxy groups -OCH3 is 2. The van der Waals surface area contributed by atoms with Crippen LogP contribution in [-0.4, -0.2) is 20.0 Å². The predicted octanol–water partition coefficient (Wildman–Crippen LogP) is 5.22. The molecule has 0 aliphatic heterocycles. The SMILES string of the molecule is COc1cc(/C=C/C=C/CCCC(=O)/C=C/C(C)C)cc(OC)c1. The fourth-order valence-electron chi connectivity index (χ4n) is 2.04. The minimum atomic E-state index is 0.205. The van der Waals surface area contributed by atoms with Crippen molar-refractivity contribution in [3.63, 3.8) is 0 Å². The Bertz CT molecular complexity index is 573. The molecule has 0 bridgehead atoms. The van der Waals surface area contributed by atoms with Gasteiger partial charge in [0.2, 0.25) is 0 Å². The Balaban J connectivity index is 2.39. The Labute approximate surface area is 145 Å². The van der Waals surface area contributed by atoms with Crippen LogP contribution in [0.1, 0.15) is 38.7 Å². The molecule has 0 heterocycles. The topological polar surface area (TPSA) is 35.5 Å². The average Bonchev–Trinajstić information content (AvgIpc) is 2.58. The number of carbonyl (C=O) groups is 1. The molecule has 0 spiro atoms. The molecule has 0 aliphatic rings. The van der Waals surface area contributed by atoms with Crippen molar-refractivity contribution in [3.8, 4) is 11.5 Å². The normalized spacial score (nSPS) is 11.9. The third-order valence-corrected chi connectivity index (χ3v) is 3.37. The summed E-state index contributed by atoms with van der Waals surface area (Å²) in [5, 5.41) is 0. The summed E-state index contributed by atoms with van der Waals surface area (Å²) < 4.78 is 10.5. The van der Waals surface area contributed by atoms with E-state index in [0.29, 0.717) is 12.3 Å². The maximum atomic E-state index is 11.6. The van der Waals surface area contributed by atoms with Crippen molar-refractivity contribution in [3.05, 3.63) is 54.1 Å². The van der Waals surface area contributed by atoms with Gasteiger partial charge in [-0.25, -0.2) is 0 Å². The molecule has 1 rings (SSSR count). The fraction of sp³-hybridized carbons (Fsp3) is 0.381. The van der Waals surface area contributed by atoms with Crippen LogP contribution in [-0.2, 0) is 4.79 Å². The smallest absolute Gasteiger partial charge is 0.155 e. The van der Waals surface area contributed by atoms with Crippen molar-refractivity contribution in [1.82, 2.24) is 0 Å². The average molecular weight is 328 g/mol. The lowest BCUT2D eigenvalue weighted by molar-refractivity contribution is -0.114. The molecule has 130 valence electrons. The van der Waals surface area contributed by atoms with E-state index in [1.54, 1.807) is 20.3 Å². The minimum Gasteiger partial charge on any atom is -0.497 e. The van der Waals surface area contributed by atoms with Gasteiger partial charge < -0.3 is 9.47 Å². The van der Waals surface area contributed by atoms with E-state index in [1.165, 1.54) is 0 Å². The molecule has 0 radical (unpaired) electrons. The van der Waals surface area contributed by atoms with Gasteiger partial charge in [-0.2, -0.15) is 0 Å². The summed E-state index contributed by atoms with van der Waals surface area (Å²) in [6.07, 6.45) is 14.1. The Morgan fingerprint density at radius 1 is 1.08 bits per heavy atom. The molecule has 24 heavy (non-hydrogen) atoms. The summed E-state index contributed by atoms with van der Waals surface area (Å²) in [4.78, 5) is 11.6. The highest BCUT2D eigenvalue weighted by Crippen LogP contribution is 2.23. The second-order valence-electron chi connectivity index (χ2n) is 5.89. The second-order valence-corrected chi connectivity index (χ2v) is 5.89. The van der Waals surface area contributed by atoms with E-state index < -0.39 is 0 Å². The molecule has 0 amide bonds. The van der Waals surface area contributed by atoms with Crippen LogP contribution < -0.4 is 9.47 Å². The molecule has 0 aliphatic carbocycles. The minimum absolute atomic E-state index is 0.205. The van der Waals surface area contributed by atoms with Crippen molar-refractivity contribution < 1.29 is 14.3 Å². The first kappa shape index (κ1) is 19.8. The first-order chi connectivity index (χ1) is 11.5. The molecule has 0 aromatic heterocycles.